The molecular formula is C73H48N6. The molecule has 2 aliphatic rings. The van der Waals surface area contributed by atoms with Gasteiger partial charge in [-0.25, -0.2) is 9.97 Å². The van der Waals surface area contributed by atoms with Gasteiger partial charge in [0.05, 0.1) is 55.5 Å². The zero-order chi connectivity index (χ0) is 52.2. The Morgan fingerprint density at radius 2 is 0.633 bits per heavy atom. The quantitative estimate of drug-likeness (QED) is 0.176. The number of aromatic nitrogens is 6. The lowest BCUT2D eigenvalue weighted by Crippen LogP contribution is -2.16. The van der Waals surface area contributed by atoms with Gasteiger partial charge in [-0.05, 0) is 122 Å². The standard InChI is InChI=1S/C73H48N6/c1-43-29-33-65-55(37-43)56-38-44(2)30-34-66(56)76(65)70-69-48-41-59(46-17-5-4-6-18-46)74-60(42-48)50-20-8-7-19-49(50)47-32-36-68-58(40-47)57-39-45(3)31-35-67(57)77(68)71(69)73(79-63-27-15-11-23-53(63)54-24-12-16-28-64(54)79)75-72(70)78-61-25-13-9-21-51(61)52-22-10-14-26-62(52)78/h4-42H,1-3H3. The van der Waals surface area contributed by atoms with Crippen molar-refractivity contribution in [1.82, 2.24) is 28.2 Å². The largest absolute Gasteiger partial charge is 0.305 e. The van der Waals surface area contributed by atoms with E-state index in [2.05, 4.69) is 276 Å². The molecule has 10 aromatic carbocycles. The topological polar surface area (TPSA) is 45.5 Å². The molecule has 0 radical (unpaired) electrons. The predicted octanol–water partition coefficient (Wildman–Crippen LogP) is 18.8. The molecular weight excluding hydrogens is 961 g/mol. The van der Waals surface area contributed by atoms with Gasteiger partial charge >= 0.3 is 0 Å². The summed E-state index contributed by atoms with van der Waals surface area (Å²) >= 11 is 0. The smallest absolute Gasteiger partial charge is 0.165 e. The van der Waals surface area contributed by atoms with E-state index >= 15 is 0 Å². The van der Waals surface area contributed by atoms with E-state index in [0.29, 0.717) is 0 Å². The Labute approximate surface area is 454 Å². The molecule has 0 amide bonds. The second kappa shape index (κ2) is 16.4. The lowest BCUT2D eigenvalue weighted by molar-refractivity contribution is 0.961. The van der Waals surface area contributed by atoms with Gasteiger partial charge < -0.3 is 9.13 Å². The predicted molar refractivity (Wildman–Crippen MR) is 329 cm³/mol. The third-order valence-corrected chi connectivity index (χ3v) is 16.8. The van der Waals surface area contributed by atoms with Gasteiger partial charge in [0.25, 0.3) is 0 Å². The number of fused-ring (bicyclic) bond motifs is 11. The minimum atomic E-state index is 0.805. The van der Waals surface area contributed by atoms with Crippen LogP contribution >= 0.6 is 0 Å². The Hall–Kier alpha value is -10.3. The first-order chi connectivity index (χ1) is 38.9. The maximum Gasteiger partial charge on any atom is 0.165 e. The lowest BCUT2D eigenvalue weighted by atomic mass is 9.92. The van der Waals surface area contributed by atoms with Gasteiger partial charge in [0, 0.05) is 59.8 Å². The average Bonchev–Trinajstić information content (AvgIpc) is 4.35. The van der Waals surface area contributed by atoms with Crippen LogP contribution in [0.1, 0.15) is 16.7 Å². The first kappa shape index (κ1) is 43.9. The molecule has 8 heterocycles. The molecule has 16 aromatic rings. The Kier molecular flexibility index (Phi) is 9.09. The van der Waals surface area contributed by atoms with Gasteiger partial charge in [-0.15, -0.1) is 0 Å². The third kappa shape index (κ3) is 6.22. The maximum atomic E-state index is 6.48. The maximum absolute atomic E-state index is 6.48. The van der Waals surface area contributed by atoms with Crippen LogP contribution in [0.5, 0.6) is 0 Å². The molecule has 0 atom stereocenters. The number of nitrogens with zero attached hydrogens (tertiary/aromatic N) is 6. The normalized spacial score (nSPS) is 12.2. The van der Waals surface area contributed by atoms with E-state index in [4.69, 9.17) is 9.97 Å². The molecule has 0 saturated carbocycles. The summed E-state index contributed by atoms with van der Waals surface area (Å²) in [5, 5.41) is 9.37. The van der Waals surface area contributed by atoms with Crippen molar-refractivity contribution in [2.24, 2.45) is 0 Å². The van der Waals surface area contributed by atoms with Crippen molar-refractivity contribution in [3.8, 4) is 67.8 Å². The molecule has 370 valence electrons. The average molecular weight is 1010 g/mol. The molecule has 0 saturated heterocycles. The summed E-state index contributed by atoms with van der Waals surface area (Å²) in [5.74, 6) is 1.61. The van der Waals surface area contributed by atoms with Crippen LogP contribution in [0.25, 0.3) is 155 Å². The van der Waals surface area contributed by atoms with E-state index in [1.807, 2.05) is 0 Å². The number of pyridine rings is 2. The summed E-state index contributed by atoms with van der Waals surface area (Å²) in [6, 6.07) is 87.6. The number of para-hydroxylation sites is 4. The fourth-order valence-electron chi connectivity index (χ4n) is 13.4. The summed E-state index contributed by atoms with van der Waals surface area (Å²) in [6.07, 6.45) is 0. The van der Waals surface area contributed by atoms with Gasteiger partial charge in [-0.3, -0.25) is 9.13 Å². The van der Waals surface area contributed by atoms with Crippen molar-refractivity contribution in [2.75, 3.05) is 0 Å². The van der Waals surface area contributed by atoms with Crippen LogP contribution in [-0.2, 0) is 0 Å². The van der Waals surface area contributed by atoms with Gasteiger partial charge in [0.2, 0.25) is 0 Å². The molecule has 18 rings (SSSR count). The van der Waals surface area contributed by atoms with Crippen LogP contribution < -0.4 is 0 Å². The summed E-state index contributed by atoms with van der Waals surface area (Å²) < 4.78 is 9.99. The van der Waals surface area contributed by atoms with E-state index in [1.165, 1.54) is 38.2 Å². The molecule has 2 aliphatic heterocycles. The first-order valence-electron chi connectivity index (χ1n) is 27.2. The Morgan fingerprint density at radius 3 is 1.11 bits per heavy atom. The molecule has 0 fully saturated rings. The van der Waals surface area contributed by atoms with Crippen LogP contribution in [0.3, 0.4) is 0 Å². The van der Waals surface area contributed by atoms with E-state index in [1.54, 1.807) is 0 Å². The molecule has 0 aliphatic carbocycles. The van der Waals surface area contributed by atoms with E-state index < -0.39 is 0 Å². The minimum absolute atomic E-state index is 0.805. The first-order valence-corrected chi connectivity index (χ1v) is 27.2. The van der Waals surface area contributed by atoms with Crippen molar-refractivity contribution in [1.29, 1.82) is 0 Å². The zero-order valence-electron chi connectivity index (χ0n) is 43.7. The monoisotopic (exact) mass is 1010 g/mol. The summed E-state index contributed by atoms with van der Waals surface area (Å²) in [6.45, 7) is 6.61. The SMILES string of the molecule is Cc1ccc2c(c1)c1cc(C)ccc1n2-c1c(-n2c3ccccc3c3ccccc32)nc(-n2c3ccccc3c3ccccc32)c2c1-c1cc(-c3ccccc3)nc(c1)-c1ccccc1-c1ccc3c(c1)c1cc(C)ccc1n3-2. The molecule has 6 heteroatoms. The highest BCUT2D eigenvalue weighted by atomic mass is 15.2. The lowest BCUT2D eigenvalue weighted by Gasteiger charge is -2.27. The van der Waals surface area contributed by atoms with Crippen molar-refractivity contribution >= 4 is 87.2 Å². The Bertz CT molecular complexity index is 5130. The molecule has 6 bridgehead atoms. The summed E-state index contributed by atoms with van der Waals surface area (Å²) in [7, 11) is 0. The fourth-order valence-corrected chi connectivity index (χ4v) is 13.4. The number of hydrogen-bond acceptors (Lipinski definition) is 2. The van der Waals surface area contributed by atoms with E-state index in [-0.39, 0.29) is 0 Å². The molecule has 79 heavy (non-hydrogen) atoms. The summed E-state index contributed by atoms with van der Waals surface area (Å²) in [4.78, 5) is 12.2. The van der Waals surface area contributed by atoms with Crippen LogP contribution in [0.15, 0.2) is 237 Å². The van der Waals surface area contributed by atoms with Crippen molar-refractivity contribution in [2.45, 2.75) is 20.8 Å². The number of benzene rings is 10. The Morgan fingerprint density at radius 1 is 0.253 bits per heavy atom. The molecule has 0 spiro atoms. The minimum Gasteiger partial charge on any atom is -0.305 e. The molecule has 0 N–H and O–H groups in total. The third-order valence-electron chi connectivity index (χ3n) is 16.8. The van der Waals surface area contributed by atoms with E-state index in [0.717, 1.165) is 133 Å². The molecule has 6 nitrogen and oxygen atoms in total. The Balaban J connectivity index is 1.22. The zero-order valence-corrected chi connectivity index (χ0v) is 43.7. The second-order valence-electron chi connectivity index (χ2n) is 21.6. The van der Waals surface area contributed by atoms with Crippen molar-refractivity contribution < 1.29 is 0 Å². The van der Waals surface area contributed by atoms with Crippen LogP contribution in [0, 0.1) is 20.8 Å². The van der Waals surface area contributed by atoms with Crippen LogP contribution in [0.4, 0.5) is 0 Å². The van der Waals surface area contributed by atoms with Crippen LogP contribution in [-0.4, -0.2) is 28.2 Å². The highest BCUT2D eigenvalue weighted by molar-refractivity contribution is 6.17. The van der Waals surface area contributed by atoms with Gasteiger partial charge in [-0.1, -0.05) is 168 Å². The number of hydrogen-bond donors (Lipinski definition) is 0. The highest BCUT2D eigenvalue weighted by Gasteiger charge is 2.34. The second-order valence-corrected chi connectivity index (χ2v) is 21.6. The van der Waals surface area contributed by atoms with Crippen molar-refractivity contribution in [3.05, 3.63) is 253 Å². The van der Waals surface area contributed by atoms with Gasteiger partial charge in [0.1, 0.15) is 11.4 Å². The van der Waals surface area contributed by atoms with Gasteiger partial charge in [-0.2, -0.15) is 0 Å². The number of aryl methyl sites for hydroxylation is 3. The number of rotatable bonds is 4. The highest BCUT2D eigenvalue weighted by Crippen LogP contribution is 2.51. The molecule has 6 aromatic heterocycles. The fraction of sp³-hybridized carbons (Fsp3) is 0.0411. The van der Waals surface area contributed by atoms with Gasteiger partial charge in [0.15, 0.2) is 11.6 Å². The van der Waals surface area contributed by atoms with Crippen molar-refractivity contribution in [3.63, 3.8) is 0 Å². The van der Waals surface area contributed by atoms with Crippen LogP contribution in [0.2, 0.25) is 0 Å². The molecule has 0 unspecified atom stereocenters. The van der Waals surface area contributed by atoms with E-state index in [9.17, 15) is 0 Å². The summed E-state index contributed by atoms with van der Waals surface area (Å²) in [5.41, 5.74) is 22.3.